The second kappa shape index (κ2) is 2.34. The number of nitrogens with one attached hydrogen (secondary N) is 1. The third kappa shape index (κ3) is 1.44. The first-order chi connectivity index (χ1) is 4.68. The number of nitrogen functional groups attached to an aromatic ring is 1. The van der Waals surface area contributed by atoms with Crippen LogP contribution in [0.2, 0.25) is 0 Å². The summed E-state index contributed by atoms with van der Waals surface area (Å²) in [4.78, 5) is 15.1. The molecule has 10 heavy (non-hydrogen) atoms. The molecule has 1 aromatic rings. The van der Waals surface area contributed by atoms with Crippen molar-refractivity contribution in [3.05, 3.63) is 6.33 Å². The van der Waals surface area contributed by atoms with Gasteiger partial charge in [0.2, 0.25) is 5.91 Å². The van der Waals surface area contributed by atoms with Gasteiger partial charge in [-0.1, -0.05) is 0 Å². The standard InChI is InChI=1S/C4H7N5O/c1-3(10)7-4-6-2-9(5)8-4/h2H,5H2,1H3,(H,7,8,10). The lowest BCUT2D eigenvalue weighted by molar-refractivity contribution is -0.114. The predicted octanol–water partition coefficient (Wildman–Crippen LogP) is -1.05. The number of amides is 1. The van der Waals surface area contributed by atoms with Crippen LogP contribution in [0.25, 0.3) is 0 Å². The largest absolute Gasteiger partial charge is 0.322 e. The molecule has 0 aliphatic heterocycles. The van der Waals surface area contributed by atoms with Crippen LogP contribution in [0.3, 0.4) is 0 Å². The van der Waals surface area contributed by atoms with E-state index in [9.17, 15) is 4.79 Å². The summed E-state index contributed by atoms with van der Waals surface area (Å²) in [5, 5.41) is 5.97. The Balaban J connectivity index is 2.67. The third-order valence-corrected chi connectivity index (χ3v) is 0.796. The molecule has 6 nitrogen and oxygen atoms in total. The van der Waals surface area contributed by atoms with Crippen molar-refractivity contribution >= 4 is 11.9 Å². The molecular formula is C4H7N5O. The molecule has 1 aromatic heterocycles. The van der Waals surface area contributed by atoms with Crippen LogP contribution in [0.1, 0.15) is 6.92 Å². The minimum Gasteiger partial charge on any atom is -0.322 e. The lowest BCUT2D eigenvalue weighted by Gasteiger charge is -1.90. The van der Waals surface area contributed by atoms with Crippen LogP contribution in [0.4, 0.5) is 5.95 Å². The van der Waals surface area contributed by atoms with Gasteiger partial charge < -0.3 is 5.84 Å². The molecule has 1 amide bonds. The van der Waals surface area contributed by atoms with Crippen molar-refractivity contribution in [1.82, 2.24) is 14.9 Å². The first-order valence-corrected chi connectivity index (χ1v) is 2.63. The molecule has 0 saturated carbocycles. The molecule has 0 aromatic carbocycles. The van der Waals surface area contributed by atoms with Gasteiger partial charge in [-0.3, -0.25) is 10.1 Å². The topological polar surface area (TPSA) is 85.8 Å². The normalized spacial score (nSPS) is 9.30. The van der Waals surface area contributed by atoms with Crippen molar-refractivity contribution in [2.24, 2.45) is 0 Å². The summed E-state index contributed by atoms with van der Waals surface area (Å²) in [6, 6.07) is 0. The molecule has 0 aliphatic rings. The number of hydrogen-bond acceptors (Lipinski definition) is 4. The Morgan fingerprint density at radius 1 is 1.90 bits per heavy atom. The van der Waals surface area contributed by atoms with Gasteiger partial charge in [0.25, 0.3) is 5.95 Å². The van der Waals surface area contributed by atoms with Gasteiger partial charge in [-0.15, -0.1) is 5.10 Å². The number of rotatable bonds is 1. The zero-order valence-electron chi connectivity index (χ0n) is 5.40. The molecule has 1 heterocycles. The van der Waals surface area contributed by atoms with E-state index in [0.717, 1.165) is 4.79 Å². The van der Waals surface area contributed by atoms with E-state index >= 15 is 0 Å². The predicted molar refractivity (Wildman–Crippen MR) is 34.5 cm³/mol. The maximum atomic E-state index is 10.4. The Bertz CT molecular complexity index is 242. The van der Waals surface area contributed by atoms with Crippen LogP contribution in [-0.2, 0) is 4.79 Å². The first kappa shape index (κ1) is 6.53. The SMILES string of the molecule is CC(=O)Nc1ncn(N)n1. The lowest BCUT2D eigenvalue weighted by atomic mass is 10.7. The number of hydrogen-bond donors (Lipinski definition) is 2. The molecular weight excluding hydrogens is 134 g/mol. The van der Waals surface area contributed by atoms with E-state index in [2.05, 4.69) is 15.4 Å². The maximum absolute atomic E-state index is 10.4. The monoisotopic (exact) mass is 141 g/mol. The average molecular weight is 141 g/mol. The zero-order valence-corrected chi connectivity index (χ0v) is 5.40. The second-order valence-electron chi connectivity index (χ2n) is 1.73. The Labute approximate surface area is 57.0 Å². The highest BCUT2D eigenvalue weighted by molar-refractivity contribution is 5.86. The first-order valence-electron chi connectivity index (χ1n) is 2.63. The number of carbonyl (C=O) groups excluding carboxylic acids is 1. The van der Waals surface area contributed by atoms with E-state index in [0.29, 0.717) is 0 Å². The van der Waals surface area contributed by atoms with E-state index in [4.69, 9.17) is 5.84 Å². The van der Waals surface area contributed by atoms with E-state index in [-0.39, 0.29) is 11.9 Å². The molecule has 54 valence electrons. The summed E-state index contributed by atoms with van der Waals surface area (Å²) in [6.45, 7) is 1.37. The van der Waals surface area contributed by atoms with E-state index in [1.54, 1.807) is 0 Å². The van der Waals surface area contributed by atoms with Gasteiger partial charge in [-0.25, -0.2) is 0 Å². The lowest BCUT2D eigenvalue weighted by Crippen LogP contribution is -2.11. The van der Waals surface area contributed by atoms with Crippen LogP contribution in [-0.4, -0.2) is 20.8 Å². The highest BCUT2D eigenvalue weighted by atomic mass is 16.1. The number of nitrogens with two attached hydrogens (primary N) is 1. The molecule has 0 atom stereocenters. The molecule has 0 saturated heterocycles. The van der Waals surface area contributed by atoms with Crippen molar-refractivity contribution in [1.29, 1.82) is 0 Å². The summed E-state index contributed by atoms with van der Waals surface area (Å²) in [5.41, 5.74) is 0. The molecule has 0 fully saturated rings. The molecule has 0 radical (unpaired) electrons. The van der Waals surface area contributed by atoms with Gasteiger partial charge in [0.1, 0.15) is 6.33 Å². The summed E-state index contributed by atoms with van der Waals surface area (Å²) in [7, 11) is 0. The Morgan fingerprint density at radius 2 is 2.60 bits per heavy atom. The minimum atomic E-state index is -0.216. The Kier molecular flexibility index (Phi) is 1.53. The highest BCUT2D eigenvalue weighted by Crippen LogP contribution is 1.91. The van der Waals surface area contributed by atoms with E-state index in [1.165, 1.54) is 13.3 Å². The Hall–Kier alpha value is -1.59. The van der Waals surface area contributed by atoms with Crippen molar-refractivity contribution in [3.8, 4) is 0 Å². The number of carbonyl (C=O) groups is 1. The van der Waals surface area contributed by atoms with Crippen LogP contribution >= 0.6 is 0 Å². The van der Waals surface area contributed by atoms with E-state index < -0.39 is 0 Å². The summed E-state index contributed by atoms with van der Waals surface area (Å²) in [6.07, 6.45) is 1.30. The average Bonchev–Trinajstić information content (AvgIpc) is 2.13. The van der Waals surface area contributed by atoms with Gasteiger partial charge in [0.05, 0.1) is 0 Å². The number of anilines is 1. The second-order valence-corrected chi connectivity index (χ2v) is 1.73. The molecule has 0 unspecified atom stereocenters. The summed E-state index contributed by atoms with van der Waals surface area (Å²) < 4.78 is 0. The molecule has 1 rings (SSSR count). The number of nitrogens with zero attached hydrogens (tertiary/aromatic N) is 3. The summed E-state index contributed by atoms with van der Waals surface area (Å²) >= 11 is 0. The molecule has 0 aliphatic carbocycles. The maximum Gasteiger partial charge on any atom is 0.250 e. The minimum absolute atomic E-state index is 0.216. The zero-order chi connectivity index (χ0) is 7.56. The van der Waals surface area contributed by atoms with Crippen LogP contribution in [0.15, 0.2) is 6.33 Å². The van der Waals surface area contributed by atoms with Crippen molar-refractivity contribution in [2.75, 3.05) is 11.2 Å². The smallest absolute Gasteiger partial charge is 0.250 e. The van der Waals surface area contributed by atoms with Gasteiger partial charge >= 0.3 is 0 Å². The third-order valence-electron chi connectivity index (χ3n) is 0.796. The van der Waals surface area contributed by atoms with Gasteiger partial charge in [-0.2, -0.15) is 9.77 Å². The van der Waals surface area contributed by atoms with Crippen LogP contribution in [0.5, 0.6) is 0 Å². The van der Waals surface area contributed by atoms with Crippen molar-refractivity contribution < 1.29 is 4.79 Å². The fraction of sp³-hybridized carbons (Fsp3) is 0.250. The van der Waals surface area contributed by atoms with Crippen molar-refractivity contribution in [3.63, 3.8) is 0 Å². The quantitative estimate of drug-likeness (QED) is 0.488. The van der Waals surface area contributed by atoms with Crippen LogP contribution < -0.4 is 11.2 Å². The van der Waals surface area contributed by atoms with Gasteiger partial charge in [-0.05, 0) is 0 Å². The number of aromatic nitrogens is 3. The fourth-order valence-corrected chi connectivity index (χ4v) is 0.490. The summed E-state index contributed by atoms with van der Waals surface area (Å²) in [5.74, 6) is 5.15. The molecule has 6 heteroatoms. The molecule has 3 N–H and O–H groups in total. The van der Waals surface area contributed by atoms with Gasteiger partial charge in [0, 0.05) is 6.92 Å². The van der Waals surface area contributed by atoms with Crippen molar-refractivity contribution in [2.45, 2.75) is 6.92 Å². The van der Waals surface area contributed by atoms with Gasteiger partial charge in [0.15, 0.2) is 0 Å². The Morgan fingerprint density at radius 3 is 3.00 bits per heavy atom. The van der Waals surface area contributed by atoms with Crippen LogP contribution in [0, 0.1) is 0 Å². The highest BCUT2D eigenvalue weighted by Gasteiger charge is 1.98. The molecule has 0 spiro atoms. The fourth-order valence-electron chi connectivity index (χ4n) is 0.490. The molecule has 0 bridgehead atoms. The van der Waals surface area contributed by atoms with E-state index in [1.807, 2.05) is 0 Å².